The summed E-state index contributed by atoms with van der Waals surface area (Å²) < 4.78 is 4.58. The number of hydrogen-bond donors (Lipinski definition) is 2. The number of carbonyl (C=O) groups excluding carboxylic acids is 1. The third-order valence-corrected chi connectivity index (χ3v) is 5.07. The van der Waals surface area contributed by atoms with Gasteiger partial charge in [0.1, 0.15) is 0 Å². The summed E-state index contributed by atoms with van der Waals surface area (Å²) in [6, 6.07) is 10.2. The molecule has 1 heterocycles. The van der Waals surface area contributed by atoms with Crippen molar-refractivity contribution in [2.24, 2.45) is 0 Å². The molecule has 2 aromatic rings. The predicted octanol–water partition coefficient (Wildman–Crippen LogP) is 4.44. The molecule has 0 aliphatic rings. The summed E-state index contributed by atoms with van der Waals surface area (Å²) in [5, 5.41) is 22.6. The minimum atomic E-state index is -1.01. The summed E-state index contributed by atoms with van der Waals surface area (Å²) in [5.41, 5.74) is 1.85. The van der Waals surface area contributed by atoms with Gasteiger partial charge >= 0.3 is 5.97 Å². The van der Waals surface area contributed by atoms with Crippen LogP contribution >= 0.6 is 0 Å². The number of esters is 1. The van der Waals surface area contributed by atoms with Gasteiger partial charge in [0.2, 0.25) is 0 Å². The first kappa shape index (κ1) is 23.0. The normalized spacial score (nSPS) is 13.7. The highest BCUT2D eigenvalue weighted by molar-refractivity contribution is 5.86. The van der Waals surface area contributed by atoms with Crippen LogP contribution in [-0.4, -0.2) is 40.5 Å². The van der Waals surface area contributed by atoms with Gasteiger partial charge in [-0.3, -0.25) is 9.78 Å². The van der Waals surface area contributed by atoms with Gasteiger partial charge < -0.3 is 14.9 Å². The Labute approximate surface area is 173 Å². The lowest BCUT2D eigenvalue weighted by atomic mass is 10.0. The van der Waals surface area contributed by atoms with Crippen LogP contribution in [0.1, 0.15) is 63.3 Å². The molecule has 5 nitrogen and oxygen atoms in total. The van der Waals surface area contributed by atoms with Crippen LogP contribution in [0.25, 0.3) is 16.8 Å². The van der Waals surface area contributed by atoms with Crippen molar-refractivity contribution in [1.29, 1.82) is 0 Å². The van der Waals surface area contributed by atoms with E-state index in [1.165, 1.54) is 31.8 Å². The molecule has 2 rings (SSSR count). The zero-order chi connectivity index (χ0) is 21.1. The first-order chi connectivity index (χ1) is 14.0. The van der Waals surface area contributed by atoms with Crippen LogP contribution in [0.3, 0.4) is 0 Å². The molecule has 2 atom stereocenters. The number of ether oxygens (including phenoxy) is 1. The standard InChI is InChI=1S/C24H33NO4/c1-3-4-5-6-12-21-20-11-8-7-10-18(20)17-19(25-21)15-16-23(27)22(26)13-9-14-24(28)29-2/h7-8,10-11,15-17,22-23,26-27H,3-6,9,12-14H2,1-2H3/b16-15+/t22-,23+/m0/s1. The second kappa shape index (κ2) is 12.3. The first-order valence-corrected chi connectivity index (χ1v) is 10.5. The molecule has 0 fully saturated rings. The molecule has 1 aromatic heterocycles. The summed E-state index contributed by atoms with van der Waals surface area (Å²) in [7, 11) is 1.34. The van der Waals surface area contributed by atoms with Crippen molar-refractivity contribution in [3.8, 4) is 0 Å². The number of aromatic nitrogens is 1. The number of benzene rings is 1. The van der Waals surface area contributed by atoms with Crippen LogP contribution < -0.4 is 0 Å². The monoisotopic (exact) mass is 399 g/mol. The van der Waals surface area contributed by atoms with Gasteiger partial charge in [-0.25, -0.2) is 0 Å². The molecule has 0 aliphatic carbocycles. The second-order valence-corrected chi connectivity index (χ2v) is 7.41. The molecule has 5 heteroatoms. The van der Waals surface area contributed by atoms with E-state index in [1.54, 1.807) is 12.2 Å². The molecule has 1 aromatic carbocycles. The van der Waals surface area contributed by atoms with Crippen LogP contribution in [0, 0.1) is 0 Å². The number of aliphatic hydroxyl groups is 2. The number of unbranched alkanes of at least 4 members (excludes halogenated alkanes) is 3. The van der Waals surface area contributed by atoms with Gasteiger partial charge in [0.05, 0.1) is 25.0 Å². The molecule has 2 N–H and O–H groups in total. The second-order valence-electron chi connectivity index (χ2n) is 7.41. The molecule has 0 radical (unpaired) electrons. The summed E-state index contributed by atoms with van der Waals surface area (Å²) in [6.07, 6.45) is 8.11. The maximum absolute atomic E-state index is 11.1. The highest BCUT2D eigenvalue weighted by atomic mass is 16.5. The van der Waals surface area contributed by atoms with E-state index in [1.807, 2.05) is 18.2 Å². The van der Waals surface area contributed by atoms with Crippen LogP contribution in [-0.2, 0) is 16.0 Å². The molecule has 158 valence electrons. The van der Waals surface area contributed by atoms with E-state index >= 15 is 0 Å². The van der Waals surface area contributed by atoms with Gasteiger partial charge in [-0.15, -0.1) is 0 Å². The van der Waals surface area contributed by atoms with Crippen LogP contribution in [0.4, 0.5) is 0 Å². The average molecular weight is 400 g/mol. The highest BCUT2D eigenvalue weighted by Gasteiger charge is 2.14. The molecule has 0 saturated carbocycles. The smallest absolute Gasteiger partial charge is 0.305 e. The number of aliphatic hydroxyl groups excluding tert-OH is 2. The lowest BCUT2D eigenvalue weighted by Crippen LogP contribution is -2.23. The van der Waals surface area contributed by atoms with Crippen molar-refractivity contribution in [2.45, 2.75) is 70.5 Å². The van der Waals surface area contributed by atoms with Gasteiger partial charge in [0.15, 0.2) is 0 Å². The molecular formula is C24H33NO4. The summed E-state index contributed by atoms with van der Waals surface area (Å²) >= 11 is 0. The van der Waals surface area contributed by atoms with Crippen molar-refractivity contribution >= 4 is 22.8 Å². The fraction of sp³-hybridized carbons (Fsp3) is 0.500. The number of methoxy groups -OCH3 is 1. The maximum atomic E-state index is 11.1. The lowest BCUT2D eigenvalue weighted by Gasteiger charge is -2.14. The van der Waals surface area contributed by atoms with Crippen molar-refractivity contribution in [3.05, 3.63) is 47.8 Å². The van der Waals surface area contributed by atoms with E-state index in [0.29, 0.717) is 12.8 Å². The highest BCUT2D eigenvalue weighted by Crippen LogP contribution is 2.21. The number of nitrogens with zero attached hydrogens (tertiary/aromatic N) is 1. The number of rotatable bonds is 12. The molecular weight excluding hydrogens is 366 g/mol. The van der Waals surface area contributed by atoms with Crippen molar-refractivity contribution in [1.82, 2.24) is 4.98 Å². The molecule has 0 spiro atoms. The van der Waals surface area contributed by atoms with Gasteiger partial charge in [0.25, 0.3) is 0 Å². The third-order valence-electron chi connectivity index (χ3n) is 5.07. The predicted molar refractivity (Wildman–Crippen MR) is 117 cm³/mol. The topological polar surface area (TPSA) is 79.7 Å². The fourth-order valence-corrected chi connectivity index (χ4v) is 3.34. The van der Waals surface area contributed by atoms with Gasteiger partial charge in [-0.2, -0.15) is 0 Å². The Bertz CT molecular complexity index is 803. The summed E-state index contributed by atoms with van der Waals surface area (Å²) in [5.74, 6) is -0.311. The minimum absolute atomic E-state index is 0.234. The number of aryl methyl sites for hydroxylation is 1. The number of fused-ring (bicyclic) bond motifs is 1. The van der Waals surface area contributed by atoms with Gasteiger partial charge in [-0.1, -0.05) is 56.5 Å². The third kappa shape index (κ3) is 7.59. The quantitative estimate of drug-likeness (QED) is 0.407. The zero-order valence-electron chi connectivity index (χ0n) is 17.5. The van der Waals surface area contributed by atoms with E-state index in [-0.39, 0.29) is 12.4 Å². The summed E-state index contributed by atoms with van der Waals surface area (Å²) in [4.78, 5) is 15.9. The van der Waals surface area contributed by atoms with Crippen LogP contribution in [0.2, 0.25) is 0 Å². The molecule has 0 unspecified atom stereocenters. The minimum Gasteiger partial charge on any atom is -0.469 e. The Hall–Kier alpha value is -2.24. The van der Waals surface area contributed by atoms with E-state index in [2.05, 4.69) is 23.8 Å². The van der Waals surface area contributed by atoms with E-state index < -0.39 is 12.2 Å². The Morgan fingerprint density at radius 2 is 1.97 bits per heavy atom. The molecule has 0 bridgehead atoms. The van der Waals surface area contributed by atoms with Crippen LogP contribution in [0.5, 0.6) is 0 Å². The lowest BCUT2D eigenvalue weighted by molar-refractivity contribution is -0.140. The average Bonchev–Trinajstić information content (AvgIpc) is 2.74. The number of pyridine rings is 1. The fourth-order valence-electron chi connectivity index (χ4n) is 3.34. The first-order valence-electron chi connectivity index (χ1n) is 10.5. The van der Waals surface area contributed by atoms with E-state index in [9.17, 15) is 15.0 Å². The molecule has 0 aliphatic heterocycles. The maximum Gasteiger partial charge on any atom is 0.305 e. The zero-order valence-corrected chi connectivity index (χ0v) is 17.5. The Morgan fingerprint density at radius 3 is 2.72 bits per heavy atom. The van der Waals surface area contributed by atoms with E-state index in [4.69, 9.17) is 4.98 Å². The summed E-state index contributed by atoms with van der Waals surface area (Å²) in [6.45, 7) is 2.20. The SMILES string of the molecule is CCCCCCc1nc(/C=C/[C@@H](O)[C@@H](O)CCCC(=O)OC)cc2ccccc12. The van der Waals surface area contributed by atoms with Crippen molar-refractivity contribution < 1.29 is 19.7 Å². The molecule has 0 amide bonds. The Kier molecular flexibility index (Phi) is 9.81. The van der Waals surface area contributed by atoms with Crippen molar-refractivity contribution in [2.75, 3.05) is 7.11 Å². The Morgan fingerprint density at radius 1 is 1.17 bits per heavy atom. The number of hydrogen-bond acceptors (Lipinski definition) is 5. The molecule has 29 heavy (non-hydrogen) atoms. The van der Waals surface area contributed by atoms with Gasteiger partial charge in [0, 0.05) is 17.5 Å². The molecule has 0 saturated heterocycles. The Balaban J connectivity index is 2.04. The van der Waals surface area contributed by atoms with Crippen molar-refractivity contribution in [3.63, 3.8) is 0 Å². The van der Waals surface area contributed by atoms with Crippen LogP contribution in [0.15, 0.2) is 36.4 Å². The van der Waals surface area contributed by atoms with Gasteiger partial charge in [-0.05, 0) is 43.2 Å². The van der Waals surface area contributed by atoms with E-state index in [0.717, 1.165) is 29.6 Å². The largest absolute Gasteiger partial charge is 0.469 e. The number of carbonyl (C=O) groups is 1.